The maximum Gasteiger partial charge on any atom is 0.251 e. The van der Waals surface area contributed by atoms with Crippen LogP contribution in [0.4, 0.5) is 5.69 Å². The number of carbonyl (C=O) groups excluding carboxylic acids is 2. The Balaban J connectivity index is 1.55. The molecule has 1 aliphatic heterocycles. The fourth-order valence-electron chi connectivity index (χ4n) is 4.64. The quantitative estimate of drug-likeness (QED) is 0.306. The van der Waals surface area contributed by atoms with Gasteiger partial charge in [0, 0.05) is 18.3 Å². The molecule has 1 unspecified atom stereocenters. The molecule has 0 spiro atoms. The van der Waals surface area contributed by atoms with Crippen LogP contribution in [0.25, 0.3) is 0 Å². The summed E-state index contributed by atoms with van der Waals surface area (Å²) in [5.41, 5.74) is 4.06. The van der Waals surface area contributed by atoms with Gasteiger partial charge >= 0.3 is 0 Å². The first-order valence-electron chi connectivity index (χ1n) is 12.7. The fraction of sp³-hybridized carbons (Fsp3) is 0.188. The zero-order chi connectivity index (χ0) is 27.2. The molecule has 4 aromatic carbocycles. The maximum atomic E-state index is 14.1. The van der Waals surface area contributed by atoms with E-state index in [2.05, 4.69) is 5.32 Å². The van der Waals surface area contributed by atoms with Crippen molar-refractivity contribution in [2.24, 2.45) is 0 Å². The smallest absolute Gasteiger partial charge is 0.251 e. The molecule has 0 saturated carbocycles. The molecule has 7 heteroatoms. The Morgan fingerprint density at radius 2 is 1.67 bits per heavy atom. The van der Waals surface area contributed by atoms with E-state index in [-0.39, 0.29) is 31.6 Å². The summed E-state index contributed by atoms with van der Waals surface area (Å²) in [6.07, 6.45) is 0.157. The molecule has 0 radical (unpaired) electrons. The molecule has 0 fully saturated rings. The maximum absolute atomic E-state index is 14.1. The van der Waals surface area contributed by atoms with Gasteiger partial charge in [-0.25, -0.2) is 0 Å². The number of benzene rings is 4. The van der Waals surface area contributed by atoms with Gasteiger partial charge in [0.1, 0.15) is 11.8 Å². The molecular weight excluding hydrogens is 492 g/mol. The molecule has 0 aromatic heterocycles. The third kappa shape index (κ3) is 6.04. The molecule has 1 N–H and O–H groups in total. The zero-order valence-electron chi connectivity index (χ0n) is 21.9. The monoisotopic (exact) mass is 522 g/mol. The number of anilines is 1. The van der Waals surface area contributed by atoms with E-state index in [1.807, 2.05) is 79.7 Å². The summed E-state index contributed by atoms with van der Waals surface area (Å²) >= 11 is 0. The van der Waals surface area contributed by atoms with Crippen molar-refractivity contribution in [3.8, 4) is 17.2 Å². The van der Waals surface area contributed by atoms with E-state index in [1.165, 1.54) is 0 Å². The lowest BCUT2D eigenvalue weighted by atomic mass is 10.00. The third-order valence-corrected chi connectivity index (χ3v) is 6.73. The minimum Gasteiger partial charge on any atom is -0.497 e. The van der Waals surface area contributed by atoms with Gasteiger partial charge in [-0.3, -0.25) is 9.59 Å². The van der Waals surface area contributed by atoms with Gasteiger partial charge in [0.05, 0.1) is 13.5 Å². The molecule has 7 nitrogen and oxygen atoms in total. The van der Waals surface area contributed by atoms with Crippen LogP contribution in [0, 0.1) is 6.92 Å². The molecule has 2 amide bonds. The van der Waals surface area contributed by atoms with Crippen molar-refractivity contribution in [1.29, 1.82) is 0 Å². The number of aryl methyl sites for hydroxylation is 1. The number of hydrogen-bond acceptors (Lipinski definition) is 5. The number of nitrogens with one attached hydrogen (secondary N) is 1. The van der Waals surface area contributed by atoms with Crippen molar-refractivity contribution in [1.82, 2.24) is 4.90 Å². The Hall–Kier alpha value is -4.78. The summed E-state index contributed by atoms with van der Waals surface area (Å²) in [6, 6.07) is 29.0. The second-order valence-electron chi connectivity index (χ2n) is 9.35. The lowest BCUT2D eigenvalue weighted by Gasteiger charge is -2.32. The summed E-state index contributed by atoms with van der Waals surface area (Å²) in [6.45, 7) is 2.40. The first kappa shape index (κ1) is 25.9. The van der Waals surface area contributed by atoms with Crippen molar-refractivity contribution in [2.45, 2.75) is 25.9 Å². The van der Waals surface area contributed by atoms with Gasteiger partial charge in [0.15, 0.2) is 11.5 Å². The standard InChI is InChI=1S/C32H30N2O5/c1-22-9-6-7-12-25(22)20-34(30(35)17-23-10-4-3-5-11-23)31(24-13-8-14-27(18-24)37-2)32(36)33-26-15-16-28-29(19-26)39-21-38-28/h3-16,18-19,31H,17,20-21H2,1-2H3,(H,33,36). The van der Waals surface area contributed by atoms with Crippen LogP contribution in [0.2, 0.25) is 0 Å². The van der Waals surface area contributed by atoms with Crippen LogP contribution in [-0.4, -0.2) is 30.6 Å². The van der Waals surface area contributed by atoms with Crippen LogP contribution in [0.15, 0.2) is 97.1 Å². The van der Waals surface area contributed by atoms with Crippen LogP contribution in [-0.2, 0) is 22.6 Å². The van der Waals surface area contributed by atoms with Crippen LogP contribution in [0.3, 0.4) is 0 Å². The summed E-state index contributed by atoms with van der Waals surface area (Å²) in [4.78, 5) is 29.7. The van der Waals surface area contributed by atoms with Crippen molar-refractivity contribution in [3.05, 3.63) is 119 Å². The molecule has 1 aliphatic rings. The average molecular weight is 523 g/mol. The highest BCUT2D eigenvalue weighted by atomic mass is 16.7. The minimum absolute atomic E-state index is 0.136. The van der Waals surface area contributed by atoms with E-state index in [0.29, 0.717) is 28.5 Å². The zero-order valence-corrected chi connectivity index (χ0v) is 21.9. The van der Waals surface area contributed by atoms with Crippen molar-refractivity contribution in [2.75, 3.05) is 19.2 Å². The number of methoxy groups -OCH3 is 1. The van der Waals surface area contributed by atoms with Crippen LogP contribution < -0.4 is 19.5 Å². The highest BCUT2D eigenvalue weighted by molar-refractivity contribution is 5.98. The van der Waals surface area contributed by atoms with Gasteiger partial charge < -0.3 is 24.4 Å². The molecule has 198 valence electrons. The fourth-order valence-corrected chi connectivity index (χ4v) is 4.64. The molecular formula is C32H30N2O5. The minimum atomic E-state index is -0.929. The third-order valence-electron chi connectivity index (χ3n) is 6.73. The van der Waals surface area contributed by atoms with Gasteiger partial charge in [0.2, 0.25) is 12.7 Å². The second kappa shape index (κ2) is 11.7. The van der Waals surface area contributed by atoms with E-state index in [9.17, 15) is 9.59 Å². The molecule has 1 heterocycles. The van der Waals surface area contributed by atoms with Crippen molar-refractivity contribution < 1.29 is 23.8 Å². The van der Waals surface area contributed by atoms with Crippen LogP contribution >= 0.6 is 0 Å². The number of rotatable bonds is 9. The van der Waals surface area contributed by atoms with Crippen molar-refractivity contribution in [3.63, 3.8) is 0 Å². The normalized spacial score (nSPS) is 12.5. The first-order valence-corrected chi connectivity index (χ1v) is 12.7. The predicted octanol–water partition coefficient (Wildman–Crippen LogP) is 5.68. The molecule has 5 rings (SSSR count). The Morgan fingerprint density at radius 1 is 0.897 bits per heavy atom. The number of amides is 2. The molecule has 0 aliphatic carbocycles. The van der Waals surface area contributed by atoms with E-state index in [4.69, 9.17) is 14.2 Å². The summed E-state index contributed by atoms with van der Waals surface area (Å²) in [5.74, 6) is 1.26. The second-order valence-corrected chi connectivity index (χ2v) is 9.35. The molecule has 0 saturated heterocycles. The van der Waals surface area contributed by atoms with Gasteiger partial charge in [-0.2, -0.15) is 0 Å². The van der Waals surface area contributed by atoms with Gasteiger partial charge in [-0.15, -0.1) is 0 Å². The Labute approximate surface area is 227 Å². The molecule has 0 bridgehead atoms. The SMILES string of the molecule is COc1cccc(C(C(=O)Nc2ccc3c(c2)OCO3)N(Cc2ccccc2C)C(=O)Cc2ccccc2)c1. The highest BCUT2D eigenvalue weighted by Gasteiger charge is 2.32. The van der Waals surface area contributed by atoms with Gasteiger partial charge in [0.25, 0.3) is 5.91 Å². The van der Waals surface area contributed by atoms with E-state index < -0.39 is 6.04 Å². The number of fused-ring (bicyclic) bond motifs is 1. The van der Waals surface area contributed by atoms with E-state index >= 15 is 0 Å². The number of carbonyl (C=O) groups is 2. The van der Waals surface area contributed by atoms with Crippen molar-refractivity contribution >= 4 is 17.5 Å². The number of nitrogens with zero attached hydrogens (tertiary/aromatic N) is 1. The lowest BCUT2D eigenvalue weighted by Crippen LogP contribution is -2.41. The van der Waals surface area contributed by atoms with Crippen LogP contribution in [0.1, 0.15) is 28.3 Å². The van der Waals surface area contributed by atoms with E-state index in [0.717, 1.165) is 16.7 Å². The Bertz CT molecular complexity index is 1470. The largest absolute Gasteiger partial charge is 0.497 e. The molecule has 4 aromatic rings. The van der Waals surface area contributed by atoms with Gasteiger partial charge in [-0.05, 0) is 53.4 Å². The Morgan fingerprint density at radius 3 is 2.46 bits per heavy atom. The predicted molar refractivity (Wildman–Crippen MR) is 149 cm³/mol. The van der Waals surface area contributed by atoms with E-state index in [1.54, 1.807) is 36.3 Å². The topological polar surface area (TPSA) is 77.1 Å². The Kier molecular flexibility index (Phi) is 7.78. The lowest BCUT2D eigenvalue weighted by molar-refractivity contribution is -0.139. The molecule has 39 heavy (non-hydrogen) atoms. The van der Waals surface area contributed by atoms with Gasteiger partial charge in [-0.1, -0.05) is 66.7 Å². The number of hydrogen-bond donors (Lipinski definition) is 1. The average Bonchev–Trinajstić information content (AvgIpc) is 3.42. The summed E-state index contributed by atoms with van der Waals surface area (Å²) in [5, 5.41) is 3.00. The highest BCUT2D eigenvalue weighted by Crippen LogP contribution is 2.35. The first-order chi connectivity index (χ1) is 19.0. The number of ether oxygens (including phenoxy) is 3. The summed E-state index contributed by atoms with van der Waals surface area (Å²) in [7, 11) is 1.58. The van der Waals surface area contributed by atoms with Crippen LogP contribution in [0.5, 0.6) is 17.2 Å². The summed E-state index contributed by atoms with van der Waals surface area (Å²) < 4.78 is 16.3. The molecule has 1 atom stereocenters.